The van der Waals surface area contributed by atoms with E-state index in [1.807, 2.05) is 11.8 Å². The van der Waals surface area contributed by atoms with Crippen molar-refractivity contribution in [2.24, 2.45) is 0 Å². The molecule has 3 aromatic rings. The van der Waals surface area contributed by atoms with Crippen molar-refractivity contribution in [1.29, 1.82) is 0 Å². The lowest BCUT2D eigenvalue weighted by atomic mass is 10.2. The molecule has 2 bridgehead atoms. The molecule has 2 aliphatic rings. The van der Waals surface area contributed by atoms with Gasteiger partial charge in [0.1, 0.15) is 24.6 Å². The van der Waals surface area contributed by atoms with Gasteiger partial charge in [0.15, 0.2) is 17.2 Å². The minimum Gasteiger partial charge on any atom is -0.485 e. The van der Waals surface area contributed by atoms with E-state index >= 15 is 0 Å². The molecule has 5 heterocycles. The van der Waals surface area contributed by atoms with Crippen molar-refractivity contribution in [3.8, 4) is 11.6 Å². The van der Waals surface area contributed by atoms with Crippen LogP contribution in [-0.2, 0) is 6.54 Å². The predicted octanol–water partition coefficient (Wildman–Crippen LogP) is 1.36. The maximum absolute atomic E-state index is 14.0. The second-order valence-electron chi connectivity index (χ2n) is 7.51. The maximum Gasteiger partial charge on any atom is 0.218 e. The van der Waals surface area contributed by atoms with Crippen molar-refractivity contribution in [1.82, 2.24) is 24.9 Å². The molecule has 2 aliphatic heterocycles. The third-order valence-corrected chi connectivity index (χ3v) is 5.10. The van der Waals surface area contributed by atoms with Crippen molar-refractivity contribution >= 4 is 17.2 Å². The molecule has 0 spiro atoms. The normalized spacial score (nSPS) is 21.4. The van der Waals surface area contributed by atoms with Gasteiger partial charge in [-0.05, 0) is 13.0 Å². The summed E-state index contributed by atoms with van der Waals surface area (Å²) in [5.41, 5.74) is 2.55. The summed E-state index contributed by atoms with van der Waals surface area (Å²) in [7, 11) is 0. The van der Waals surface area contributed by atoms with Gasteiger partial charge in [-0.15, -0.1) is 0 Å². The van der Waals surface area contributed by atoms with Crippen molar-refractivity contribution in [3.63, 3.8) is 0 Å². The van der Waals surface area contributed by atoms with Crippen molar-refractivity contribution < 1.29 is 19.0 Å². The summed E-state index contributed by atoms with van der Waals surface area (Å²) in [5.74, 6) is 0.869. The lowest BCUT2D eigenvalue weighted by Crippen LogP contribution is -2.33. The van der Waals surface area contributed by atoms with Crippen LogP contribution in [0.2, 0.25) is 0 Å². The van der Waals surface area contributed by atoms with Gasteiger partial charge < -0.3 is 24.8 Å². The van der Waals surface area contributed by atoms with Crippen LogP contribution < -0.4 is 19.7 Å². The van der Waals surface area contributed by atoms with Crippen LogP contribution in [0, 0.1) is 5.82 Å². The highest BCUT2D eigenvalue weighted by Crippen LogP contribution is 2.33. The molecule has 0 amide bonds. The molecule has 0 unspecified atom stereocenters. The van der Waals surface area contributed by atoms with Gasteiger partial charge in [-0.2, -0.15) is 5.10 Å². The number of ether oxygens (including phenoxy) is 2. The Bertz CT molecular complexity index is 1130. The van der Waals surface area contributed by atoms with Crippen LogP contribution in [0.3, 0.4) is 0 Å². The Hall–Kier alpha value is -3.40. The molecule has 0 aromatic carbocycles. The van der Waals surface area contributed by atoms with E-state index in [1.165, 1.54) is 6.07 Å². The highest BCUT2D eigenvalue weighted by molar-refractivity contribution is 5.75. The summed E-state index contributed by atoms with van der Waals surface area (Å²) in [6, 6.07) is 1.39. The minimum absolute atomic E-state index is 0.112. The number of aromatic nitrogens is 4. The average Bonchev–Trinajstić information content (AvgIpc) is 3.06. The van der Waals surface area contributed by atoms with E-state index in [4.69, 9.17) is 14.5 Å². The first-order valence-electron chi connectivity index (χ1n) is 9.66. The second kappa shape index (κ2) is 7.13. The van der Waals surface area contributed by atoms with E-state index in [0.29, 0.717) is 40.9 Å². The molecule has 10 heteroatoms. The van der Waals surface area contributed by atoms with Crippen LogP contribution in [0.25, 0.3) is 11.3 Å². The number of hydrogen-bond donors (Lipinski definition) is 2. The largest absolute Gasteiger partial charge is 0.485 e. The molecular weight excluding hydrogens is 391 g/mol. The lowest BCUT2D eigenvalue weighted by molar-refractivity contribution is 0.118. The van der Waals surface area contributed by atoms with Crippen LogP contribution in [0.5, 0.6) is 11.6 Å². The number of halogens is 1. The zero-order valence-corrected chi connectivity index (χ0v) is 16.4. The quantitative estimate of drug-likeness (QED) is 0.572. The van der Waals surface area contributed by atoms with Gasteiger partial charge in [-0.1, -0.05) is 6.58 Å². The Kier molecular flexibility index (Phi) is 4.43. The average molecular weight is 412 g/mol. The van der Waals surface area contributed by atoms with Gasteiger partial charge in [0.2, 0.25) is 5.88 Å². The Morgan fingerprint density at radius 1 is 1.37 bits per heavy atom. The summed E-state index contributed by atoms with van der Waals surface area (Å²) < 4.78 is 27.4. The van der Waals surface area contributed by atoms with E-state index in [-0.39, 0.29) is 25.8 Å². The van der Waals surface area contributed by atoms with Gasteiger partial charge in [0, 0.05) is 17.8 Å². The Morgan fingerprint density at radius 3 is 3.10 bits per heavy atom. The third kappa shape index (κ3) is 3.28. The monoisotopic (exact) mass is 412 g/mol. The molecule has 0 radical (unpaired) electrons. The topological polar surface area (TPSA) is 97.0 Å². The zero-order chi connectivity index (χ0) is 20.8. The minimum atomic E-state index is -0.747. The Labute approximate surface area is 171 Å². The van der Waals surface area contributed by atoms with E-state index in [2.05, 4.69) is 22.0 Å². The van der Waals surface area contributed by atoms with Crippen LogP contribution >= 0.6 is 0 Å². The molecule has 30 heavy (non-hydrogen) atoms. The fraction of sp³-hybridized carbons (Fsp3) is 0.350. The van der Waals surface area contributed by atoms with E-state index in [9.17, 15) is 9.50 Å². The van der Waals surface area contributed by atoms with E-state index < -0.39 is 11.9 Å². The number of rotatable bonds is 0. The molecule has 0 fully saturated rings. The maximum atomic E-state index is 14.0. The van der Waals surface area contributed by atoms with E-state index in [1.54, 1.807) is 16.9 Å². The number of anilines is 1. The highest BCUT2D eigenvalue weighted by atomic mass is 19.1. The lowest BCUT2D eigenvalue weighted by Gasteiger charge is -2.25. The summed E-state index contributed by atoms with van der Waals surface area (Å²) in [5, 5.41) is 18.0. The molecule has 3 aromatic heterocycles. The van der Waals surface area contributed by atoms with Crippen molar-refractivity contribution in [2.45, 2.75) is 25.7 Å². The first-order valence-corrected chi connectivity index (χ1v) is 9.66. The van der Waals surface area contributed by atoms with Crippen LogP contribution in [-0.4, -0.2) is 56.6 Å². The number of pyridine rings is 1. The smallest absolute Gasteiger partial charge is 0.218 e. The predicted molar refractivity (Wildman–Crippen MR) is 107 cm³/mol. The van der Waals surface area contributed by atoms with Crippen LogP contribution in [0.1, 0.15) is 18.1 Å². The number of aliphatic hydroxyl groups excluding tert-OH is 1. The Morgan fingerprint density at radius 2 is 2.23 bits per heavy atom. The highest BCUT2D eigenvalue weighted by Gasteiger charge is 2.27. The van der Waals surface area contributed by atoms with Gasteiger partial charge in [0.25, 0.3) is 0 Å². The SMILES string of the molecule is C=C1NC[C@H](C)Oc2ncc(F)cc2CN2C[C@H](O)COc3cn4ncc1c4nc32. The molecule has 0 saturated heterocycles. The van der Waals surface area contributed by atoms with Crippen molar-refractivity contribution in [3.05, 3.63) is 48.2 Å². The summed E-state index contributed by atoms with van der Waals surface area (Å²) in [4.78, 5) is 10.8. The zero-order valence-electron chi connectivity index (χ0n) is 16.4. The second-order valence-corrected chi connectivity index (χ2v) is 7.51. The molecule has 2 atom stereocenters. The Balaban J connectivity index is 1.70. The first kappa shape index (κ1) is 18.6. The fourth-order valence-corrected chi connectivity index (χ4v) is 3.63. The standard InChI is InChI=1S/C20H21FN6O3/c1-11-4-22-12(2)16-6-24-27-9-17-19(25-18(16)27)26(8-15(28)10-29-17)7-13-3-14(21)5-23-20(13)30-11/h3,5-6,9,11,15,22,28H,2,4,7-8,10H2,1H3/t11-,15-/m0/s1. The number of nitrogens with one attached hydrogen (secondary N) is 1. The fourth-order valence-electron chi connectivity index (χ4n) is 3.63. The molecule has 0 saturated carbocycles. The summed E-state index contributed by atoms with van der Waals surface area (Å²) in [6.07, 6.45) is 3.54. The van der Waals surface area contributed by atoms with Crippen LogP contribution in [0.4, 0.5) is 10.2 Å². The molecule has 0 aliphatic carbocycles. The number of aliphatic hydroxyl groups is 1. The van der Waals surface area contributed by atoms with E-state index in [0.717, 1.165) is 11.8 Å². The van der Waals surface area contributed by atoms with Gasteiger partial charge in [0.05, 0.1) is 37.2 Å². The number of hydrogen-bond acceptors (Lipinski definition) is 8. The summed E-state index contributed by atoms with van der Waals surface area (Å²) in [6.45, 7) is 7.06. The first-order chi connectivity index (χ1) is 14.5. The van der Waals surface area contributed by atoms with Gasteiger partial charge >= 0.3 is 0 Å². The van der Waals surface area contributed by atoms with Crippen LogP contribution in [0.15, 0.2) is 31.2 Å². The molecule has 9 nitrogen and oxygen atoms in total. The third-order valence-electron chi connectivity index (χ3n) is 5.10. The van der Waals surface area contributed by atoms with Gasteiger partial charge in [-0.25, -0.2) is 18.9 Å². The molecule has 5 rings (SSSR count). The number of nitrogens with zero attached hydrogens (tertiary/aromatic N) is 5. The number of fused-ring (bicyclic) bond motifs is 1. The molecular formula is C20H21FN6O3. The van der Waals surface area contributed by atoms with Crippen molar-refractivity contribution in [2.75, 3.05) is 24.6 Å². The van der Waals surface area contributed by atoms with Gasteiger partial charge in [-0.3, -0.25) is 0 Å². The summed E-state index contributed by atoms with van der Waals surface area (Å²) >= 11 is 0. The molecule has 156 valence electrons. The molecule has 2 N–H and O–H groups in total.